The Morgan fingerprint density at radius 3 is 2.37 bits per heavy atom. The number of hydrogen-bond donors (Lipinski definition) is 1. The van der Waals surface area contributed by atoms with E-state index >= 15 is 0 Å². The van der Waals surface area contributed by atoms with Crippen molar-refractivity contribution in [3.05, 3.63) is 93.4 Å². The van der Waals surface area contributed by atoms with Crippen LogP contribution in [0.4, 0.5) is 11.4 Å². The van der Waals surface area contributed by atoms with Gasteiger partial charge in [-0.3, -0.25) is 19.3 Å². The number of nitrogens with one attached hydrogen (secondary N) is 1. The Hall–Kier alpha value is -3.49. The highest BCUT2D eigenvalue weighted by molar-refractivity contribution is 9.10. The lowest BCUT2D eigenvalue weighted by molar-refractivity contribution is -0.122. The maximum atomic E-state index is 13.3. The van der Waals surface area contributed by atoms with Crippen molar-refractivity contribution in [2.45, 2.75) is 25.2 Å². The molecule has 0 unspecified atom stereocenters. The smallest absolute Gasteiger partial charge is 0.338 e. The lowest BCUT2D eigenvalue weighted by Crippen LogP contribution is -2.30. The molecule has 5 rings (SSSR count). The molecule has 194 valence electrons. The van der Waals surface area contributed by atoms with Crippen LogP contribution < -0.4 is 10.2 Å². The van der Waals surface area contributed by atoms with Crippen LogP contribution in [0.1, 0.15) is 41.1 Å². The summed E-state index contributed by atoms with van der Waals surface area (Å²) in [6.45, 7) is -0.483. The first-order chi connectivity index (χ1) is 18.3. The lowest BCUT2D eigenvalue weighted by atomic mass is 9.73. The minimum Gasteiger partial charge on any atom is -0.452 e. The van der Waals surface area contributed by atoms with Crippen molar-refractivity contribution in [2.75, 3.05) is 16.8 Å². The van der Waals surface area contributed by atoms with Gasteiger partial charge >= 0.3 is 5.97 Å². The van der Waals surface area contributed by atoms with E-state index in [0.29, 0.717) is 33.7 Å². The Labute approximate surface area is 233 Å². The highest BCUT2D eigenvalue weighted by Gasteiger charge is 2.50. The molecule has 0 bridgehead atoms. The first kappa shape index (κ1) is 26.1. The molecule has 1 heterocycles. The van der Waals surface area contributed by atoms with Crippen LogP contribution in [0.5, 0.6) is 0 Å². The van der Waals surface area contributed by atoms with E-state index in [2.05, 4.69) is 33.4 Å². The fourth-order valence-corrected chi connectivity index (χ4v) is 5.62. The van der Waals surface area contributed by atoms with Crippen LogP contribution in [0.25, 0.3) is 0 Å². The molecule has 3 aromatic rings. The first-order valence-electron chi connectivity index (χ1n) is 12.3. The van der Waals surface area contributed by atoms with Gasteiger partial charge in [0.15, 0.2) is 6.61 Å². The number of anilines is 2. The Kier molecular flexibility index (Phi) is 7.63. The average Bonchev–Trinajstić information content (AvgIpc) is 3.19. The molecule has 7 nitrogen and oxygen atoms in total. The maximum absolute atomic E-state index is 13.3. The van der Waals surface area contributed by atoms with Crippen molar-refractivity contribution in [2.24, 2.45) is 11.8 Å². The number of fused-ring (bicyclic) bond motifs is 1. The number of hydrogen-bond acceptors (Lipinski definition) is 5. The summed E-state index contributed by atoms with van der Waals surface area (Å²) in [5.41, 5.74) is 2.29. The molecule has 0 aromatic heterocycles. The highest BCUT2D eigenvalue weighted by atomic mass is 79.9. The Bertz CT molecular complexity index is 1400. The molecule has 3 amide bonds. The molecule has 2 fully saturated rings. The van der Waals surface area contributed by atoms with Crippen molar-refractivity contribution in [3.63, 3.8) is 0 Å². The van der Waals surface area contributed by atoms with E-state index in [-0.39, 0.29) is 35.1 Å². The molecule has 2 aliphatic rings. The van der Waals surface area contributed by atoms with Gasteiger partial charge < -0.3 is 10.1 Å². The summed E-state index contributed by atoms with van der Waals surface area (Å²) in [4.78, 5) is 52.3. The summed E-state index contributed by atoms with van der Waals surface area (Å²) in [6, 6.07) is 21.1. The van der Waals surface area contributed by atoms with Crippen molar-refractivity contribution in [1.29, 1.82) is 0 Å². The zero-order chi connectivity index (χ0) is 26.8. The molecule has 3 atom stereocenters. The van der Waals surface area contributed by atoms with Gasteiger partial charge in [0.25, 0.3) is 5.91 Å². The van der Waals surface area contributed by atoms with Gasteiger partial charge in [-0.05, 0) is 89.1 Å². The fourth-order valence-electron chi connectivity index (χ4n) is 5.19. The van der Waals surface area contributed by atoms with Crippen LogP contribution in [0, 0.1) is 11.8 Å². The van der Waals surface area contributed by atoms with Crippen molar-refractivity contribution in [3.8, 4) is 0 Å². The van der Waals surface area contributed by atoms with Crippen LogP contribution in [-0.2, 0) is 19.1 Å². The van der Waals surface area contributed by atoms with Crippen molar-refractivity contribution in [1.82, 2.24) is 0 Å². The minimum absolute atomic E-state index is 0.188. The zero-order valence-corrected chi connectivity index (χ0v) is 22.6. The first-order valence-corrected chi connectivity index (χ1v) is 13.4. The van der Waals surface area contributed by atoms with Gasteiger partial charge in [0.05, 0.1) is 28.1 Å². The molecule has 3 aromatic carbocycles. The normalized spacial score (nSPS) is 20.7. The molecule has 38 heavy (non-hydrogen) atoms. The molecule has 0 spiro atoms. The molecule has 1 saturated heterocycles. The number of amides is 3. The van der Waals surface area contributed by atoms with Gasteiger partial charge in [-0.2, -0.15) is 0 Å². The molecule has 1 saturated carbocycles. The third-order valence-electron chi connectivity index (χ3n) is 7.10. The van der Waals surface area contributed by atoms with Gasteiger partial charge in [-0.1, -0.05) is 41.9 Å². The number of carbonyl (C=O) groups excluding carboxylic acids is 4. The predicted octanol–water partition coefficient (Wildman–Crippen LogP) is 5.97. The summed E-state index contributed by atoms with van der Waals surface area (Å²) in [6.07, 6.45) is 2.18. The van der Waals surface area contributed by atoms with Gasteiger partial charge in [-0.15, -0.1) is 0 Å². The van der Waals surface area contributed by atoms with Gasteiger partial charge in [0, 0.05) is 10.2 Å². The molecule has 1 aliphatic carbocycles. The number of halogens is 2. The molecular weight excluding hydrogens is 572 g/mol. The third kappa shape index (κ3) is 5.37. The van der Waals surface area contributed by atoms with Crippen molar-refractivity contribution >= 4 is 62.6 Å². The average molecular weight is 596 g/mol. The number of carbonyl (C=O) groups is 4. The van der Waals surface area contributed by atoms with Gasteiger partial charge in [0.2, 0.25) is 11.8 Å². The summed E-state index contributed by atoms with van der Waals surface area (Å²) < 4.78 is 5.81. The van der Waals surface area contributed by atoms with E-state index < -0.39 is 18.5 Å². The molecule has 1 N–H and O–H groups in total. The topological polar surface area (TPSA) is 92.8 Å². The van der Waals surface area contributed by atoms with E-state index in [9.17, 15) is 19.2 Å². The quantitative estimate of drug-likeness (QED) is 0.280. The molecular formula is C29H24BrClN2O5. The SMILES string of the molecule is O=C(COC(=O)c1ccc(N2C(=O)[C@@H]3CC[C@@H](c4ccccc4)C[C@H]3C2=O)cc1)Nc1ccc(Br)c(Cl)c1. The van der Waals surface area contributed by atoms with Crippen molar-refractivity contribution < 1.29 is 23.9 Å². The lowest BCUT2D eigenvalue weighted by Gasteiger charge is -2.28. The third-order valence-corrected chi connectivity index (χ3v) is 8.33. The number of nitrogens with zero attached hydrogens (tertiary/aromatic N) is 1. The summed E-state index contributed by atoms with van der Waals surface area (Å²) in [5, 5.41) is 3.04. The van der Waals surface area contributed by atoms with Gasteiger partial charge in [-0.25, -0.2) is 4.79 Å². The zero-order valence-electron chi connectivity index (χ0n) is 20.2. The second-order valence-electron chi connectivity index (χ2n) is 9.45. The number of esters is 1. The van der Waals surface area contributed by atoms with E-state index in [1.807, 2.05) is 18.2 Å². The molecule has 0 radical (unpaired) electrons. The van der Waals surface area contributed by atoms with E-state index in [1.54, 1.807) is 30.3 Å². The minimum atomic E-state index is -0.695. The summed E-state index contributed by atoms with van der Waals surface area (Å²) in [5.74, 6) is -2.00. The predicted molar refractivity (Wildman–Crippen MR) is 147 cm³/mol. The second kappa shape index (κ2) is 11.1. The number of benzene rings is 3. The monoisotopic (exact) mass is 594 g/mol. The molecule has 9 heteroatoms. The molecule has 1 aliphatic heterocycles. The van der Waals surface area contributed by atoms with Crippen LogP contribution in [-0.4, -0.2) is 30.3 Å². The van der Waals surface area contributed by atoms with E-state index in [0.717, 1.165) is 6.42 Å². The van der Waals surface area contributed by atoms with E-state index in [4.69, 9.17) is 16.3 Å². The standard InChI is InChI=1S/C29H24BrClN2O5/c30-24-13-9-20(15-25(24)31)32-26(34)16-38-29(37)18-6-10-21(11-7-18)33-27(35)22-12-8-19(14-23(22)28(33)36)17-4-2-1-3-5-17/h1-7,9-11,13,15,19,22-23H,8,12,14,16H2,(H,32,34)/t19-,22-,23-/m1/s1. The van der Waals surface area contributed by atoms with Crippen LogP contribution >= 0.6 is 27.5 Å². The number of ether oxygens (including phenoxy) is 1. The number of rotatable bonds is 6. The van der Waals surface area contributed by atoms with Crippen LogP contribution in [0.3, 0.4) is 0 Å². The second-order valence-corrected chi connectivity index (χ2v) is 10.7. The Morgan fingerprint density at radius 2 is 1.66 bits per heavy atom. The largest absolute Gasteiger partial charge is 0.452 e. The fraction of sp³-hybridized carbons (Fsp3) is 0.241. The number of imide groups is 1. The summed E-state index contributed by atoms with van der Waals surface area (Å²) >= 11 is 9.30. The Balaban J connectivity index is 1.19. The van der Waals surface area contributed by atoms with E-state index in [1.165, 1.54) is 22.6 Å². The Morgan fingerprint density at radius 1 is 0.947 bits per heavy atom. The van der Waals surface area contributed by atoms with Crippen LogP contribution in [0.15, 0.2) is 77.3 Å². The maximum Gasteiger partial charge on any atom is 0.338 e. The van der Waals surface area contributed by atoms with Gasteiger partial charge in [0.1, 0.15) is 0 Å². The summed E-state index contributed by atoms with van der Waals surface area (Å²) in [7, 11) is 0. The highest BCUT2D eigenvalue weighted by Crippen LogP contribution is 2.45. The van der Waals surface area contributed by atoms with Crippen LogP contribution in [0.2, 0.25) is 5.02 Å².